The van der Waals surface area contributed by atoms with Crippen LogP contribution in [0.5, 0.6) is 0 Å². The Labute approximate surface area is 158 Å². The number of nitrogens with zero attached hydrogens (tertiary/aromatic N) is 5. The number of hydrogen-bond donors (Lipinski definition) is 0. The average molecular weight is 365 g/mol. The molecule has 0 N–H and O–H groups in total. The van der Waals surface area contributed by atoms with Crippen molar-refractivity contribution in [2.75, 3.05) is 26.7 Å². The Morgan fingerprint density at radius 3 is 2.96 bits per heavy atom. The summed E-state index contributed by atoms with van der Waals surface area (Å²) >= 11 is 0. The fourth-order valence-electron chi connectivity index (χ4n) is 3.41. The molecule has 1 amide bonds. The van der Waals surface area contributed by atoms with Crippen molar-refractivity contribution in [2.24, 2.45) is 5.92 Å². The fraction of sp³-hybridized carbons (Fsp3) is 0.500. The van der Waals surface area contributed by atoms with E-state index in [0.29, 0.717) is 30.2 Å². The van der Waals surface area contributed by atoms with Gasteiger partial charge < -0.3 is 9.42 Å². The molecule has 7 heteroatoms. The zero-order chi connectivity index (χ0) is 18.8. The molecule has 4 rings (SSSR count). The minimum absolute atomic E-state index is 0.230. The third kappa shape index (κ3) is 4.17. The van der Waals surface area contributed by atoms with E-state index in [1.165, 1.54) is 0 Å². The highest BCUT2D eigenvalue weighted by molar-refractivity contribution is 5.80. The van der Waals surface area contributed by atoms with Crippen molar-refractivity contribution in [3.05, 3.63) is 47.1 Å². The highest BCUT2D eigenvalue weighted by Crippen LogP contribution is 2.30. The van der Waals surface area contributed by atoms with Crippen LogP contribution in [0.3, 0.4) is 0 Å². The maximum absolute atomic E-state index is 12.0. The van der Waals surface area contributed by atoms with E-state index in [-0.39, 0.29) is 17.7 Å². The molecule has 0 atom stereocenters. The summed E-state index contributed by atoms with van der Waals surface area (Å²) in [5, 5.41) is 13.0. The van der Waals surface area contributed by atoms with Crippen LogP contribution in [0, 0.1) is 17.2 Å². The largest absolute Gasteiger partial charge is 0.345 e. The standard InChI is InChI=1S/C20H23N5O2/c1-24(20(26)16-5-6-16)8-7-18-22-19(27-23-18)17-12-25(13-17)11-15-4-2-3-14(9-15)10-21/h2-4,9,16-17H,5-8,11-13H2,1H3. The van der Waals surface area contributed by atoms with Gasteiger partial charge in [0, 0.05) is 45.6 Å². The molecule has 1 aliphatic carbocycles. The van der Waals surface area contributed by atoms with Crippen molar-refractivity contribution in [2.45, 2.75) is 31.7 Å². The van der Waals surface area contributed by atoms with E-state index in [4.69, 9.17) is 9.78 Å². The van der Waals surface area contributed by atoms with E-state index < -0.39 is 0 Å². The molecule has 2 aliphatic rings. The molecule has 1 saturated carbocycles. The lowest BCUT2D eigenvalue weighted by Crippen LogP contribution is -2.44. The van der Waals surface area contributed by atoms with Gasteiger partial charge in [0.1, 0.15) is 0 Å². The monoisotopic (exact) mass is 365 g/mol. The number of likely N-dealkylation sites (N-methyl/N-ethyl adjacent to an activating group) is 1. The number of rotatable bonds is 7. The van der Waals surface area contributed by atoms with E-state index in [1.54, 1.807) is 4.90 Å². The first-order valence-electron chi connectivity index (χ1n) is 9.41. The molecule has 0 bridgehead atoms. The maximum atomic E-state index is 12.0. The Morgan fingerprint density at radius 2 is 2.22 bits per heavy atom. The normalized spacial score (nSPS) is 17.3. The van der Waals surface area contributed by atoms with Gasteiger partial charge in [0.25, 0.3) is 0 Å². The maximum Gasteiger partial charge on any atom is 0.232 e. The molecule has 2 aromatic rings. The SMILES string of the molecule is CN(CCc1noc(C2CN(Cc3cccc(C#N)c3)C2)n1)C(=O)C1CC1. The van der Waals surface area contributed by atoms with Crippen LogP contribution in [0.15, 0.2) is 28.8 Å². The molecule has 2 heterocycles. The van der Waals surface area contributed by atoms with Crippen LogP contribution in [-0.4, -0.2) is 52.5 Å². The van der Waals surface area contributed by atoms with Gasteiger partial charge in [0.2, 0.25) is 11.8 Å². The molecule has 1 saturated heterocycles. The number of carbonyl (C=O) groups is 1. The van der Waals surface area contributed by atoms with Crippen LogP contribution in [0.1, 0.15) is 41.6 Å². The van der Waals surface area contributed by atoms with Gasteiger partial charge in [-0.25, -0.2) is 0 Å². The Balaban J connectivity index is 1.24. The number of benzene rings is 1. The van der Waals surface area contributed by atoms with Crippen LogP contribution in [0.2, 0.25) is 0 Å². The number of hydrogen-bond acceptors (Lipinski definition) is 6. The molecule has 1 aliphatic heterocycles. The molecule has 7 nitrogen and oxygen atoms in total. The minimum atomic E-state index is 0.230. The topological polar surface area (TPSA) is 86.3 Å². The lowest BCUT2D eigenvalue weighted by Gasteiger charge is -2.37. The quantitative estimate of drug-likeness (QED) is 0.745. The van der Waals surface area contributed by atoms with Crippen LogP contribution in [0.25, 0.3) is 0 Å². The number of aromatic nitrogens is 2. The molecule has 0 radical (unpaired) electrons. The van der Waals surface area contributed by atoms with Crippen LogP contribution in [0.4, 0.5) is 0 Å². The first kappa shape index (κ1) is 17.7. The van der Waals surface area contributed by atoms with Gasteiger partial charge in [-0.15, -0.1) is 0 Å². The van der Waals surface area contributed by atoms with E-state index in [0.717, 1.165) is 38.0 Å². The average Bonchev–Trinajstić information content (AvgIpc) is 3.40. The second-order valence-corrected chi connectivity index (χ2v) is 7.54. The van der Waals surface area contributed by atoms with E-state index in [1.807, 2.05) is 31.3 Å². The predicted octanol–water partition coefficient (Wildman–Crippen LogP) is 1.95. The van der Waals surface area contributed by atoms with Gasteiger partial charge in [-0.2, -0.15) is 10.2 Å². The van der Waals surface area contributed by atoms with Crippen molar-refractivity contribution in [1.82, 2.24) is 19.9 Å². The highest BCUT2D eigenvalue weighted by atomic mass is 16.5. The summed E-state index contributed by atoms with van der Waals surface area (Å²) in [4.78, 5) is 20.5. The summed E-state index contributed by atoms with van der Waals surface area (Å²) in [5.41, 5.74) is 1.83. The summed E-state index contributed by atoms with van der Waals surface area (Å²) in [6, 6.07) is 9.88. The van der Waals surface area contributed by atoms with Gasteiger partial charge in [-0.3, -0.25) is 9.69 Å². The van der Waals surface area contributed by atoms with Gasteiger partial charge in [-0.05, 0) is 30.5 Å². The fourth-order valence-corrected chi connectivity index (χ4v) is 3.41. The second kappa shape index (κ2) is 7.49. The van der Waals surface area contributed by atoms with Crippen molar-refractivity contribution < 1.29 is 9.32 Å². The first-order valence-corrected chi connectivity index (χ1v) is 9.41. The number of amides is 1. The number of carbonyl (C=O) groups excluding carboxylic acids is 1. The Kier molecular flexibility index (Phi) is 4.90. The van der Waals surface area contributed by atoms with Crippen molar-refractivity contribution >= 4 is 5.91 Å². The van der Waals surface area contributed by atoms with Crippen LogP contribution in [-0.2, 0) is 17.8 Å². The summed E-state index contributed by atoms with van der Waals surface area (Å²) in [6.07, 6.45) is 2.67. The summed E-state index contributed by atoms with van der Waals surface area (Å²) in [5.74, 6) is 2.08. The first-order chi connectivity index (χ1) is 13.1. The molecular weight excluding hydrogens is 342 g/mol. The zero-order valence-corrected chi connectivity index (χ0v) is 15.5. The molecule has 1 aromatic heterocycles. The molecule has 0 spiro atoms. The van der Waals surface area contributed by atoms with E-state index in [9.17, 15) is 4.79 Å². The molecule has 1 aromatic carbocycles. The lowest BCUT2D eigenvalue weighted by molar-refractivity contribution is -0.131. The number of nitriles is 1. The molecule has 140 valence electrons. The van der Waals surface area contributed by atoms with Crippen LogP contribution < -0.4 is 0 Å². The Morgan fingerprint density at radius 1 is 1.41 bits per heavy atom. The highest BCUT2D eigenvalue weighted by Gasteiger charge is 2.33. The van der Waals surface area contributed by atoms with E-state index >= 15 is 0 Å². The van der Waals surface area contributed by atoms with Gasteiger partial charge >= 0.3 is 0 Å². The summed E-state index contributed by atoms with van der Waals surface area (Å²) in [7, 11) is 1.84. The smallest absolute Gasteiger partial charge is 0.232 e. The zero-order valence-electron chi connectivity index (χ0n) is 15.5. The minimum Gasteiger partial charge on any atom is -0.345 e. The molecule has 27 heavy (non-hydrogen) atoms. The van der Waals surface area contributed by atoms with Crippen molar-refractivity contribution in [1.29, 1.82) is 5.26 Å². The number of likely N-dealkylation sites (tertiary alicyclic amines) is 1. The van der Waals surface area contributed by atoms with E-state index in [2.05, 4.69) is 21.1 Å². The van der Waals surface area contributed by atoms with Crippen LogP contribution >= 0.6 is 0 Å². The molecular formula is C20H23N5O2. The van der Waals surface area contributed by atoms with Gasteiger partial charge in [0.15, 0.2) is 5.82 Å². The Hall–Kier alpha value is -2.72. The second-order valence-electron chi connectivity index (χ2n) is 7.54. The third-order valence-electron chi connectivity index (χ3n) is 5.23. The predicted molar refractivity (Wildman–Crippen MR) is 97.5 cm³/mol. The molecule has 0 unspecified atom stereocenters. The van der Waals surface area contributed by atoms with Gasteiger partial charge in [0.05, 0.1) is 17.6 Å². The Bertz CT molecular complexity index is 861. The van der Waals surface area contributed by atoms with Crippen molar-refractivity contribution in [3.8, 4) is 6.07 Å². The third-order valence-corrected chi connectivity index (χ3v) is 5.23. The van der Waals surface area contributed by atoms with Gasteiger partial charge in [-0.1, -0.05) is 17.3 Å². The molecule has 2 fully saturated rings. The summed E-state index contributed by atoms with van der Waals surface area (Å²) < 4.78 is 5.42. The summed E-state index contributed by atoms with van der Waals surface area (Å²) in [6.45, 7) is 3.19. The lowest BCUT2D eigenvalue weighted by atomic mass is 9.99. The van der Waals surface area contributed by atoms with Crippen molar-refractivity contribution in [3.63, 3.8) is 0 Å².